The number of rotatable bonds is 4. The minimum absolute atomic E-state index is 0.210. The monoisotopic (exact) mass is 254 g/mol. The van der Waals surface area contributed by atoms with Gasteiger partial charge in [0.05, 0.1) is 18.9 Å². The number of anilines is 1. The van der Waals surface area contributed by atoms with Crippen molar-refractivity contribution in [3.8, 4) is 5.88 Å². The maximum Gasteiger partial charge on any atom is 0.407 e. The number of amides is 1. The van der Waals surface area contributed by atoms with Crippen LogP contribution < -0.4 is 10.5 Å². The van der Waals surface area contributed by atoms with Crippen molar-refractivity contribution in [2.24, 2.45) is 0 Å². The Morgan fingerprint density at radius 2 is 2.11 bits per heavy atom. The van der Waals surface area contributed by atoms with Crippen LogP contribution in [0.2, 0.25) is 0 Å². The molecule has 1 rings (SSSR count). The van der Waals surface area contributed by atoms with E-state index in [2.05, 4.69) is 9.97 Å². The molecular formula is C11H18N4O3. The van der Waals surface area contributed by atoms with Crippen molar-refractivity contribution in [3.63, 3.8) is 0 Å². The fraction of sp³-hybridized carbons (Fsp3) is 0.545. The van der Waals surface area contributed by atoms with Gasteiger partial charge in [-0.25, -0.2) is 14.8 Å². The lowest BCUT2D eigenvalue weighted by atomic mass is 10.1. The first-order valence-corrected chi connectivity index (χ1v) is 5.51. The number of carbonyl (C=O) groups is 1. The largest absolute Gasteiger partial charge is 0.475 e. The first-order valence-electron chi connectivity index (χ1n) is 5.51. The van der Waals surface area contributed by atoms with Gasteiger partial charge in [-0.3, -0.25) is 0 Å². The molecule has 0 aromatic carbocycles. The molecule has 3 N–H and O–H groups in total. The summed E-state index contributed by atoms with van der Waals surface area (Å²) in [7, 11) is 0. The molecule has 18 heavy (non-hydrogen) atoms. The van der Waals surface area contributed by atoms with Crippen LogP contribution in [0, 0.1) is 0 Å². The number of hydrogen-bond donors (Lipinski definition) is 2. The second kappa shape index (κ2) is 5.52. The Bertz CT molecular complexity index is 400. The average molecular weight is 254 g/mol. The summed E-state index contributed by atoms with van der Waals surface area (Å²) in [6, 6.07) is 0. The molecule has 0 aliphatic carbocycles. The lowest BCUT2D eigenvalue weighted by Gasteiger charge is -2.32. The molecular weight excluding hydrogens is 236 g/mol. The smallest absolute Gasteiger partial charge is 0.407 e. The Balaban J connectivity index is 2.49. The van der Waals surface area contributed by atoms with E-state index in [1.165, 1.54) is 17.3 Å². The lowest BCUT2D eigenvalue weighted by molar-refractivity contribution is 0.0885. The van der Waals surface area contributed by atoms with Crippen LogP contribution in [0.3, 0.4) is 0 Å². The molecule has 0 radical (unpaired) electrons. The molecule has 0 atom stereocenters. The predicted octanol–water partition coefficient (Wildman–Crippen LogP) is 1.22. The Kier molecular flexibility index (Phi) is 4.30. The van der Waals surface area contributed by atoms with Crippen LogP contribution in [-0.2, 0) is 0 Å². The number of hydrogen-bond acceptors (Lipinski definition) is 5. The highest BCUT2D eigenvalue weighted by atomic mass is 16.5. The molecule has 1 aromatic heterocycles. The van der Waals surface area contributed by atoms with Crippen LogP contribution in [0.15, 0.2) is 12.4 Å². The topological polar surface area (TPSA) is 102 Å². The van der Waals surface area contributed by atoms with Gasteiger partial charge in [0.25, 0.3) is 0 Å². The second-order valence-corrected chi connectivity index (χ2v) is 4.73. The van der Waals surface area contributed by atoms with E-state index in [1.54, 1.807) is 0 Å². The SMILES string of the molecule is CC(C)(C)N(CCOc1cnc(N)cn1)C(=O)O. The first-order chi connectivity index (χ1) is 8.30. The van der Waals surface area contributed by atoms with Crippen molar-refractivity contribution >= 4 is 11.9 Å². The molecule has 0 spiro atoms. The van der Waals surface area contributed by atoms with Crippen LogP contribution in [0.25, 0.3) is 0 Å². The van der Waals surface area contributed by atoms with Crippen molar-refractivity contribution in [1.82, 2.24) is 14.9 Å². The van der Waals surface area contributed by atoms with Gasteiger partial charge in [-0.05, 0) is 20.8 Å². The second-order valence-electron chi connectivity index (χ2n) is 4.73. The van der Waals surface area contributed by atoms with E-state index < -0.39 is 11.6 Å². The molecule has 7 nitrogen and oxygen atoms in total. The number of nitrogens with zero attached hydrogens (tertiary/aromatic N) is 3. The van der Waals surface area contributed by atoms with E-state index in [-0.39, 0.29) is 13.2 Å². The summed E-state index contributed by atoms with van der Waals surface area (Å²) in [5.74, 6) is 0.632. The maximum absolute atomic E-state index is 11.1. The standard InChI is InChI=1S/C11H18N4O3/c1-11(2,3)15(10(16)17)4-5-18-9-7-13-8(12)6-14-9/h6-7H,4-5H2,1-3H3,(H2,12,13)(H,16,17). The van der Waals surface area contributed by atoms with Gasteiger partial charge in [-0.15, -0.1) is 0 Å². The summed E-state index contributed by atoms with van der Waals surface area (Å²) >= 11 is 0. The summed E-state index contributed by atoms with van der Waals surface area (Å²) in [6.07, 6.45) is 1.81. The Morgan fingerprint density at radius 3 is 2.56 bits per heavy atom. The van der Waals surface area contributed by atoms with Gasteiger partial charge in [0.1, 0.15) is 12.4 Å². The van der Waals surface area contributed by atoms with E-state index in [9.17, 15) is 4.79 Å². The van der Waals surface area contributed by atoms with Gasteiger partial charge in [0.2, 0.25) is 5.88 Å². The molecule has 0 saturated carbocycles. The van der Waals surface area contributed by atoms with Crippen molar-refractivity contribution in [2.45, 2.75) is 26.3 Å². The number of carboxylic acid groups (broad SMARTS) is 1. The van der Waals surface area contributed by atoms with Crippen LogP contribution >= 0.6 is 0 Å². The van der Waals surface area contributed by atoms with Gasteiger partial charge in [0, 0.05) is 5.54 Å². The van der Waals surface area contributed by atoms with Crippen LogP contribution in [0.5, 0.6) is 5.88 Å². The molecule has 0 bridgehead atoms. The van der Waals surface area contributed by atoms with Gasteiger partial charge in [-0.1, -0.05) is 0 Å². The molecule has 0 aliphatic rings. The van der Waals surface area contributed by atoms with Crippen molar-refractivity contribution < 1.29 is 14.6 Å². The molecule has 1 aromatic rings. The third-order valence-electron chi connectivity index (χ3n) is 2.25. The Labute approximate surface area is 106 Å². The van der Waals surface area contributed by atoms with Gasteiger partial charge < -0.3 is 20.5 Å². The van der Waals surface area contributed by atoms with Crippen molar-refractivity contribution in [1.29, 1.82) is 0 Å². The van der Waals surface area contributed by atoms with E-state index in [0.717, 1.165) is 0 Å². The number of nitrogen functional groups attached to an aromatic ring is 1. The number of ether oxygens (including phenoxy) is 1. The number of aromatic nitrogens is 2. The van der Waals surface area contributed by atoms with Crippen LogP contribution in [0.4, 0.5) is 10.6 Å². The highest BCUT2D eigenvalue weighted by Gasteiger charge is 2.25. The highest BCUT2D eigenvalue weighted by molar-refractivity contribution is 5.65. The van der Waals surface area contributed by atoms with Gasteiger partial charge in [-0.2, -0.15) is 0 Å². The molecule has 0 saturated heterocycles. The van der Waals surface area contributed by atoms with E-state index in [0.29, 0.717) is 11.7 Å². The molecule has 0 unspecified atom stereocenters. The van der Waals surface area contributed by atoms with E-state index in [4.69, 9.17) is 15.6 Å². The normalized spacial score (nSPS) is 11.1. The lowest BCUT2D eigenvalue weighted by Crippen LogP contribution is -2.46. The Morgan fingerprint density at radius 1 is 1.44 bits per heavy atom. The number of nitrogens with two attached hydrogens (primary N) is 1. The molecule has 0 aliphatic heterocycles. The molecule has 1 heterocycles. The van der Waals surface area contributed by atoms with Crippen molar-refractivity contribution in [3.05, 3.63) is 12.4 Å². The van der Waals surface area contributed by atoms with Crippen molar-refractivity contribution in [2.75, 3.05) is 18.9 Å². The van der Waals surface area contributed by atoms with Gasteiger partial charge >= 0.3 is 6.09 Å². The van der Waals surface area contributed by atoms with E-state index in [1.807, 2.05) is 20.8 Å². The van der Waals surface area contributed by atoms with E-state index >= 15 is 0 Å². The highest BCUT2D eigenvalue weighted by Crippen LogP contribution is 2.13. The summed E-state index contributed by atoms with van der Waals surface area (Å²) in [5.41, 5.74) is 4.92. The zero-order valence-corrected chi connectivity index (χ0v) is 10.8. The zero-order valence-electron chi connectivity index (χ0n) is 10.8. The average Bonchev–Trinajstić information content (AvgIpc) is 2.24. The summed E-state index contributed by atoms with van der Waals surface area (Å²) < 4.78 is 5.30. The molecule has 1 amide bonds. The third-order valence-corrected chi connectivity index (χ3v) is 2.25. The first kappa shape index (κ1) is 14.0. The molecule has 0 fully saturated rings. The zero-order chi connectivity index (χ0) is 13.8. The van der Waals surface area contributed by atoms with Crippen LogP contribution in [-0.4, -0.2) is 44.8 Å². The fourth-order valence-corrected chi connectivity index (χ4v) is 1.36. The minimum atomic E-state index is -0.977. The third kappa shape index (κ3) is 4.08. The summed E-state index contributed by atoms with van der Waals surface area (Å²) in [6.45, 7) is 5.94. The Hall–Kier alpha value is -2.05. The predicted molar refractivity (Wildman–Crippen MR) is 66.4 cm³/mol. The summed E-state index contributed by atoms with van der Waals surface area (Å²) in [4.78, 5) is 20.1. The quantitative estimate of drug-likeness (QED) is 0.837. The van der Waals surface area contributed by atoms with Crippen LogP contribution in [0.1, 0.15) is 20.8 Å². The molecule has 7 heteroatoms. The minimum Gasteiger partial charge on any atom is -0.475 e. The van der Waals surface area contributed by atoms with Gasteiger partial charge in [0.15, 0.2) is 0 Å². The maximum atomic E-state index is 11.1. The summed E-state index contributed by atoms with van der Waals surface area (Å²) in [5, 5.41) is 9.07. The molecule has 100 valence electrons. The fourth-order valence-electron chi connectivity index (χ4n) is 1.36.